The van der Waals surface area contributed by atoms with E-state index in [0.717, 1.165) is 24.5 Å². The lowest BCUT2D eigenvalue weighted by molar-refractivity contribution is 0.758. The van der Waals surface area contributed by atoms with Crippen LogP contribution in [0.2, 0.25) is 0 Å². The number of rotatable bonds is 2. The summed E-state index contributed by atoms with van der Waals surface area (Å²) >= 11 is 0. The lowest BCUT2D eigenvalue weighted by Gasteiger charge is -2.05. The van der Waals surface area contributed by atoms with Gasteiger partial charge in [-0.3, -0.25) is 0 Å². The number of nitrogens with one attached hydrogen (secondary N) is 2. The van der Waals surface area contributed by atoms with Crippen LogP contribution < -0.4 is 10.6 Å². The number of anilines is 2. The summed E-state index contributed by atoms with van der Waals surface area (Å²) in [5.74, 6) is 0.661. The number of hydrogen-bond donors (Lipinski definition) is 2. The molecule has 2 heterocycles. The number of halogens is 1. The Hall–Kier alpha value is -1.65. The lowest BCUT2D eigenvalue weighted by Crippen LogP contribution is -2.01. The van der Waals surface area contributed by atoms with Gasteiger partial charge >= 0.3 is 0 Å². The van der Waals surface area contributed by atoms with Crippen molar-refractivity contribution in [2.75, 3.05) is 5.32 Å². The molecule has 0 spiro atoms. The molecule has 0 radical (unpaired) electrons. The van der Waals surface area contributed by atoms with Crippen LogP contribution in [0.5, 0.6) is 0 Å². The molecule has 88 valence electrons. The molecule has 0 atom stereocenters. The maximum atomic E-state index is 4.46. The summed E-state index contributed by atoms with van der Waals surface area (Å²) in [5, 5.41) is 6.43. The minimum absolute atomic E-state index is 0. The van der Waals surface area contributed by atoms with Gasteiger partial charge in [0.05, 0.1) is 5.69 Å². The third-order valence-electron chi connectivity index (χ3n) is 2.59. The topological polar surface area (TPSA) is 49.8 Å². The van der Waals surface area contributed by atoms with Gasteiger partial charge in [-0.1, -0.05) is 18.2 Å². The zero-order valence-electron chi connectivity index (χ0n) is 9.18. The van der Waals surface area contributed by atoms with Gasteiger partial charge in [-0.2, -0.15) is 0 Å². The first-order valence-electron chi connectivity index (χ1n) is 5.29. The third-order valence-corrected chi connectivity index (χ3v) is 2.59. The van der Waals surface area contributed by atoms with E-state index in [2.05, 4.69) is 20.6 Å². The highest BCUT2D eigenvalue weighted by Crippen LogP contribution is 2.16. The quantitative estimate of drug-likeness (QED) is 0.856. The SMILES string of the molecule is Cl.c1ccc(Nc2ncc3c(n2)CNC3)cc1. The Morgan fingerprint density at radius 1 is 1.12 bits per heavy atom. The molecule has 0 amide bonds. The summed E-state index contributed by atoms with van der Waals surface area (Å²) in [6.07, 6.45) is 1.88. The molecule has 2 aromatic rings. The Kier molecular flexibility index (Phi) is 3.56. The molecule has 0 saturated heterocycles. The van der Waals surface area contributed by atoms with Gasteiger partial charge in [0.1, 0.15) is 0 Å². The Labute approximate surface area is 106 Å². The maximum absolute atomic E-state index is 4.46. The second-order valence-electron chi connectivity index (χ2n) is 3.76. The van der Waals surface area contributed by atoms with Crippen LogP contribution in [0.3, 0.4) is 0 Å². The lowest BCUT2D eigenvalue weighted by atomic mass is 10.3. The molecule has 0 unspecified atom stereocenters. The molecule has 1 aromatic carbocycles. The molecule has 0 aliphatic carbocycles. The van der Waals surface area contributed by atoms with Crippen molar-refractivity contribution in [2.45, 2.75) is 13.1 Å². The van der Waals surface area contributed by atoms with Crippen molar-refractivity contribution in [3.8, 4) is 0 Å². The third kappa shape index (κ3) is 2.54. The van der Waals surface area contributed by atoms with Crippen molar-refractivity contribution >= 4 is 24.0 Å². The van der Waals surface area contributed by atoms with Gasteiger partial charge < -0.3 is 10.6 Å². The summed E-state index contributed by atoms with van der Waals surface area (Å²) in [4.78, 5) is 8.75. The van der Waals surface area contributed by atoms with E-state index in [-0.39, 0.29) is 12.4 Å². The van der Waals surface area contributed by atoms with E-state index in [1.54, 1.807) is 0 Å². The maximum Gasteiger partial charge on any atom is 0.227 e. The number of nitrogens with zero attached hydrogens (tertiary/aromatic N) is 2. The van der Waals surface area contributed by atoms with Gasteiger partial charge in [0.25, 0.3) is 0 Å². The second kappa shape index (κ2) is 5.12. The van der Waals surface area contributed by atoms with Crippen LogP contribution in [0.4, 0.5) is 11.6 Å². The number of fused-ring (bicyclic) bond motifs is 1. The Morgan fingerprint density at radius 3 is 2.76 bits per heavy atom. The molecule has 2 N–H and O–H groups in total. The molecule has 1 aliphatic heterocycles. The van der Waals surface area contributed by atoms with Gasteiger partial charge in [0.15, 0.2) is 0 Å². The van der Waals surface area contributed by atoms with E-state index in [4.69, 9.17) is 0 Å². The monoisotopic (exact) mass is 248 g/mol. The van der Waals surface area contributed by atoms with E-state index in [9.17, 15) is 0 Å². The van der Waals surface area contributed by atoms with Crippen LogP contribution in [0.15, 0.2) is 36.5 Å². The first-order chi connectivity index (χ1) is 7.92. The highest BCUT2D eigenvalue weighted by Gasteiger charge is 2.12. The summed E-state index contributed by atoms with van der Waals surface area (Å²) in [6.45, 7) is 1.71. The van der Waals surface area contributed by atoms with Crippen molar-refractivity contribution in [1.29, 1.82) is 0 Å². The van der Waals surface area contributed by atoms with E-state index in [1.165, 1.54) is 5.56 Å². The predicted octanol–water partition coefficient (Wildman–Crippen LogP) is 2.25. The van der Waals surface area contributed by atoms with Crippen molar-refractivity contribution in [1.82, 2.24) is 15.3 Å². The van der Waals surface area contributed by atoms with Crippen molar-refractivity contribution in [3.05, 3.63) is 47.8 Å². The van der Waals surface area contributed by atoms with E-state index in [1.807, 2.05) is 36.5 Å². The van der Waals surface area contributed by atoms with Crippen LogP contribution >= 0.6 is 12.4 Å². The first kappa shape index (κ1) is 11.8. The average molecular weight is 249 g/mol. The smallest absolute Gasteiger partial charge is 0.227 e. The number of para-hydroxylation sites is 1. The van der Waals surface area contributed by atoms with Gasteiger partial charge in [0, 0.05) is 30.5 Å². The molecule has 0 bridgehead atoms. The first-order valence-corrected chi connectivity index (χ1v) is 5.29. The molecule has 3 rings (SSSR count). The molecule has 1 aromatic heterocycles. The van der Waals surface area contributed by atoms with Crippen molar-refractivity contribution in [2.24, 2.45) is 0 Å². The predicted molar refractivity (Wildman–Crippen MR) is 69.5 cm³/mol. The van der Waals surface area contributed by atoms with Gasteiger partial charge in [-0.15, -0.1) is 12.4 Å². The van der Waals surface area contributed by atoms with Crippen LogP contribution in [0, 0.1) is 0 Å². The second-order valence-corrected chi connectivity index (χ2v) is 3.76. The summed E-state index contributed by atoms with van der Waals surface area (Å²) in [6, 6.07) is 9.94. The molecule has 17 heavy (non-hydrogen) atoms. The summed E-state index contributed by atoms with van der Waals surface area (Å²) in [7, 11) is 0. The van der Waals surface area contributed by atoms with Crippen LogP contribution in [0.25, 0.3) is 0 Å². The standard InChI is InChI=1S/C12H12N4.ClH/c1-2-4-10(5-3-1)15-12-14-7-9-6-13-8-11(9)16-12;/h1-5,7,13H,6,8H2,(H,14,15,16);1H. The minimum Gasteiger partial charge on any atom is -0.324 e. The Bertz CT molecular complexity index is 501. The zero-order valence-corrected chi connectivity index (χ0v) is 10.00. The molecular weight excluding hydrogens is 236 g/mol. The van der Waals surface area contributed by atoms with Crippen molar-refractivity contribution < 1.29 is 0 Å². The van der Waals surface area contributed by atoms with E-state index < -0.39 is 0 Å². The fourth-order valence-electron chi connectivity index (χ4n) is 1.77. The fraction of sp³-hybridized carbons (Fsp3) is 0.167. The zero-order chi connectivity index (χ0) is 10.8. The molecule has 0 fully saturated rings. The molecule has 5 heteroatoms. The summed E-state index contributed by atoms with van der Waals surface area (Å²) < 4.78 is 0. The van der Waals surface area contributed by atoms with E-state index in [0.29, 0.717) is 5.95 Å². The minimum atomic E-state index is 0. The van der Waals surface area contributed by atoms with Gasteiger partial charge in [-0.05, 0) is 12.1 Å². The molecular formula is C12H13ClN4. The van der Waals surface area contributed by atoms with Crippen LogP contribution in [-0.4, -0.2) is 9.97 Å². The highest BCUT2D eigenvalue weighted by atomic mass is 35.5. The van der Waals surface area contributed by atoms with Crippen LogP contribution in [-0.2, 0) is 13.1 Å². The molecule has 0 saturated carbocycles. The Balaban J connectivity index is 0.00000108. The summed E-state index contributed by atoms with van der Waals surface area (Å²) in [5.41, 5.74) is 3.29. The van der Waals surface area contributed by atoms with E-state index >= 15 is 0 Å². The normalized spacial score (nSPS) is 12.7. The molecule has 4 nitrogen and oxygen atoms in total. The largest absolute Gasteiger partial charge is 0.324 e. The highest BCUT2D eigenvalue weighted by molar-refractivity contribution is 5.85. The number of aromatic nitrogens is 2. The van der Waals surface area contributed by atoms with Crippen molar-refractivity contribution in [3.63, 3.8) is 0 Å². The molecule has 1 aliphatic rings. The van der Waals surface area contributed by atoms with Gasteiger partial charge in [0.2, 0.25) is 5.95 Å². The number of benzene rings is 1. The van der Waals surface area contributed by atoms with Gasteiger partial charge in [-0.25, -0.2) is 9.97 Å². The Morgan fingerprint density at radius 2 is 1.94 bits per heavy atom. The average Bonchev–Trinajstić information content (AvgIpc) is 2.77. The number of hydrogen-bond acceptors (Lipinski definition) is 4. The fourth-order valence-corrected chi connectivity index (χ4v) is 1.77. The van der Waals surface area contributed by atoms with Crippen LogP contribution in [0.1, 0.15) is 11.3 Å².